The van der Waals surface area contributed by atoms with E-state index in [0.29, 0.717) is 21.8 Å². The van der Waals surface area contributed by atoms with E-state index in [1.54, 1.807) is 6.07 Å². The molecule has 2 N–H and O–H groups in total. The number of benzene rings is 2. The summed E-state index contributed by atoms with van der Waals surface area (Å²) in [7, 11) is 1.37. The second-order valence-electron chi connectivity index (χ2n) is 8.51. The van der Waals surface area contributed by atoms with Crippen LogP contribution >= 0.6 is 23.1 Å². The summed E-state index contributed by atoms with van der Waals surface area (Å²) in [5, 5.41) is 6.04. The van der Waals surface area contributed by atoms with E-state index in [2.05, 4.69) is 10.6 Å². The third-order valence-electron chi connectivity index (χ3n) is 5.85. The van der Waals surface area contributed by atoms with Crippen LogP contribution in [0.1, 0.15) is 56.5 Å². The summed E-state index contributed by atoms with van der Waals surface area (Å²) < 4.78 is 5.00. The lowest BCUT2D eigenvalue weighted by Gasteiger charge is -2.14. The van der Waals surface area contributed by atoms with E-state index in [1.807, 2.05) is 56.3 Å². The number of hydrogen-bond donors (Lipinski definition) is 2. The molecular formula is C27H28N2O4S2. The molecule has 2 amide bonds. The molecule has 182 valence electrons. The topological polar surface area (TPSA) is 84.5 Å². The highest BCUT2D eigenvalue weighted by Crippen LogP contribution is 2.39. The van der Waals surface area contributed by atoms with Gasteiger partial charge in [0.15, 0.2) is 0 Å². The smallest absolute Gasteiger partial charge is 0.341 e. The van der Waals surface area contributed by atoms with Crippen LogP contribution < -0.4 is 10.6 Å². The molecule has 4 rings (SSSR count). The number of rotatable bonds is 7. The van der Waals surface area contributed by atoms with Crippen molar-refractivity contribution >= 4 is 51.6 Å². The number of nitrogens with one attached hydrogen (secondary N) is 2. The van der Waals surface area contributed by atoms with Crippen LogP contribution in [0.5, 0.6) is 0 Å². The van der Waals surface area contributed by atoms with Crippen LogP contribution in [0.2, 0.25) is 0 Å². The summed E-state index contributed by atoms with van der Waals surface area (Å²) in [6.07, 6.45) is 3.87. The molecule has 0 saturated carbocycles. The number of carbonyl (C=O) groups is 3. The lowest BCUT2D eigenvalue weighted by molar-refractivity contribution is -0.115. The van der Waals surface area contributed by atoms with Crippen LogP contribution in [0.25, 0.3) is 0 Å². The zero-order valence-corrected chi connectivity index (χ0v) is 21.6. The number of ether oxygens (including phenoxy) is 1. The molecule has 0 spiro atoms. The molecule has 8 heteroatoms. The first-order valence-corrected chi connectivity index (χ1v) is 13.2. The maximum atomic E-state index is 13.0. The van der Waals surface area contributed by atoms with Gasteiger partial charge in [-0.1, -0.05) is 23.8 Å². The average Bonchev–Trinajstić information content (AvgIpc) is 3.21. The first kappa shape index (κ1) is 25.0. The number of carbonyl (C=O) groups excluding carboxylic acids is 3. The minimum atomic E-state index is -0.414. The quantitative estimate of drug-likeness (QED) is 0.298. The third-order valence-corrected chi connectivity index (χ3v) is 8.15. The van der Waals surface area contributed by atoms with Gasteiger partial charge in [0.1, 0.15) is 5.00 Å². The van der Waals surface area contributed by atoms with Gasteiger partial charge in [0.2, 0.25) is 5.91 Å². The Kier molecular flexibility index (Phi) is 7.93. The summed E-state index contributed by atoms with van der Waals surface area (Å²) in [6, 6.07) is 14.8. The molecule has 3 aromatic rings. The van der Waals surface area contributed by atoms with Crippen LogP contribution in [-0.4, -0.2) is 30.1 Å². The fourth-order valence-electron chi connectivity index (χ4n) is 4.08. The number of hydrogen-bond acceptors (Lipinski definition) is 6. The zero-order chi connectivity index (χ0) is 24.9. The van der Waals surface area contributed by atoms with Gasteiger partial charge in [-0.15, -0.1) is 23.1 Å². The largest absolute Gasteiger partial charge is 0.465 e. The maximum Gasteiger partial charge on any atom is 0.341 e. The minimum absolute atomic E-state index is 0.182. The summed E-state index contributed by atoms with van der Waals surface area (Å²) in [6.45, 7) is 3.77. The van der Waals surface area contributed by atoms with Crippen molar-refractivity contribution in [3.63, 3.8) is 0 Å². The Morgan fingerprint density at radius 2 is 1.80 bits per heavy atom. The molecule has 1 unspecified atom stereocenters. The Bertz CT molecular complexity index is 1270. The maximum absolute atomic E-state index is 13.0. The van der Waals surface area contributed by atoms with E-state index >= 15 is 0 Å². The molecule has 0 saturated heterocycles. The Balaban J connectivity index is 1.44. The SMILES string of the molecule is COC(=O)c1c(NC(=O)C(C)Sc2cccc(NC(=O)c3cccc(C)c3)c2)sc2c1CCCC2. The van der Waals surface area contributed by atoms with E-state index in [9.17, 15) is 14.4 Å². The number of esters is 1. The van der Waals surface area contributed by atoms with Crippen molar-refractivity contribution < 1.29 is 19.1 Å². The van der Waals surface area contributed by atoms with Gasteiger partial charge in [0.25, 0.3) is 5.91 Å². The monoisotopic (exact) mass is 508 g/mol. The highest BCUT2D eigenvalue weighted by Gasteiger charge is 2.28. The number of thioether (sulfide) groups is 1. The van der Waals surface area contributed by atoms with Crippen LogP contribution in [0.15, 0.2) is 53.4 Å². The van der Waals surface area contributed by atoms with Crippen LogP contribution in [0.3, 0.4) is 0 Å². The number of anilines is 2. The van der Waals surface area contributed by atoms with Crippen LogP contribution in [0, 0.1) is 6.92 Å². The fourth-order valence-corrected chi connectivity index (χ4v) is 6.29. The molecule has 1 heterocycles. The molecule has 1 aromatic heterocycles. The minimum Gasteiger partial charge on any atom is -0.465 e. The highest BCUT2D eigenvalue weighted by molar-refractivity contribution is 8.00. The fraction of sp³-hybridized carbons (Fsp3) is 0.296. The van der Waals surface area contributed by atoms with Gasteiger partial charge >= 0.3 is 5.97 Å². The van der Waals surface area contributed by atoms with Crippen LogP contribution in [-0.2, 0) is 22.4 Å². The number of amides is 2. The molecule has 1 atom stereocenters. The molecule has 0 radical (unpaired) electrons. The van der Waals surface area contributed by atoms with Gasteiger partial charge in [-0.05, 0) is 75.4 Å². The zero-order valence-electron chi connectivity index (χ0n) is 20.0. The van der Waals surface area contributed by atoms with Crippen molar-refractivity contribution in [2.24, 2.45) is 0 Å². The Morgan fingerprint density at radius 1 is 1.03 bits per heavy atom. The number of fused-ring (bicyclic) bond motifs is 1. The summed E-state index contributed by atoms with van der Waals surface area (Å²) in [5.74, 6) is -0.774. The van der Waals surface area contributed by atoms with Crippen molar-refractivity contribution in [1.82, 2.24) is 0 Å². The lowest BCUT2D eigenvalue weighted by Crippen LogP contribution is -2.23. The van der Waals surface area contributed by atoms with Gasteiger partial charge in [-0.25, -0.2) is 4.79 Å². The first-order chi connectivity index (χ1) is 16.9. The lowest BCUT2D eigenvalue weighted by atomic mass is 9.95. The van der Waals surface area contributed by atoms with Gasteiger partial charge in [-0.2, -0.15) is 0 Å². The van der Waals surface area contributed by atoms with Gasteiger partial charge < -0.3 is 15.4 Å². The van der Waals surface area contributed by atoms with E-state index in [0.717, 1.165) is 46.6 Å². The molecule has 1 aliphatic rings. The standard InChI is InChI=1S/C27H28N2O4S2/c1-16-8-6-9-18(14-16)25(31)28-19-10-7-11-20(15-19)34-17(2)24(30)29-26-23(27(32)33-3)21-12-4-5-13-22(21)35-26/h6-11,14-15,17H,4-5,12-13H2,1-3H3,(H,28,31)(H,29,30). The molecule has 2 aromatic carbocycles. The Morgan fingerprint density at radius 3 is 2.57 bits per heavy atom. The molecule has 0 fully saturated rings. The number of thiophene rings is 1. The van der Waals surface area contributed by atoms with Gasteiger partial charge in [0, 0.05) is 21.0 Å². The second kappa shape index (κ2) is 11.1. The van der Waals surface area contributed by atoms with E-state index in [4.69, 9.17) is 4.74 Å². The molecular weight excluding hydrogens is 480 g/mol. The average molecular weight is 509 g/mol. The molecule has 1 aliphatic carbocycles. The number of methoxy groups -OCH3 is 1. The van der Waals surface area contributed by atoms with E-state index < -0.39 is 11.2 Å². The third kappa shape index (κ3) is 5.94. The predicted octanol–water partition coefficient (Wildman–Crippen LogP) is 6.09. The van der Waals surface area contributed by atoms with Crippen molar-refractivity contribution in [3.8, 4) is 0 Å². The first-order valence-electron chi connectivity index (χ1n) is 11.5. The summed E-state index contributed by atoms with van der Waals surface area (Å²) in [5.41, 5.74) is 3.78. The van der Waals surface area contributed by atoms with Gasteiger partial charge in [0.05, 0.1) is 17.9 Å². The highest BCUT2D eigenvalue weighted by atomic mass is 32.2. The van der Waals surface area contributed by atoms with E-state index in [-0.39, 0.29) is 11.8 Å². The Labute approximate surface area is 213 Å². The second-order valence-corrected chi connectivity index (χ2v) is 11.0. The van der Waals surface area contributed by atoms with Gasteiger partial charge in [-0.3, -0.25) is 9.59 Å². The summed E-state index contributed by atoms with van der Waals surface area (Å²) >= 11 is 2.87. The van der Waals surface area contributed by atoms with Crippen molar-refractivity contribution in [3.05, 3.63) is 75.7 Å². The van der Waals surface area contributed by atoms with E-state index in [1.165, 1.54) is 30.2 Å². The number of aryl methyl sites for hydroxylation is 2. The molecule has 0 aliphatic heterocycles. The van der Waals surface area contributed by atoms with Crippen molar-refractivity contribution in [2.75, 3.05) is 17.7 Å². The Hall–Kier alpha value is -3.10. The summed E-state index contributed by atoms with van der Waals surface area (Å²) in [4.78, 5) is 40.1. The van der Waals surface area contributed by atoms with Crippen molar-refractivity contribution in [2.45, 2.75) is 49.7 Å². The normalized spacial score (nSPS) is 13.5. The van der Waals surface area contributed by atoms with Crippen molar-refractivity contribution in [1.29, 1.82) is 0 Å². The molecule has 6 nitrogen and oxygen atoms in total. The van der Waals surface area contributed by atoms with Crippen LogP contribution in [0.4, 0.5) is 10.7 Å². The molecule has 35 heavy (non-hydrogen) atoms. The molecule has 0 bridgehead atoms. The predicted molar refractivity (Wildman–Crippen MR) is 142 cm³/mol.